The standard InChI is InChI=1S/C10H20N2O2/c1-7(11)10(13)12-8(2)9-5-3-4-6-14-9/h7-9H,3-6,11H2,1-2H3,(H,12,13)/t7-,8?,9?/m1/s1. The van der Waals surface area contributed by atoms with E-state index in [1.165, 1.54) is 6.42 Å². The molecule has 2 unspecified atom stereocenters. The lowest BCUT2D eigenvalue weighted by atomic mass is 10.0. The third-order valence-corrected chi connectivity index (χ3v) is 2.56. The maximum atomic E-state index is 11.3. The molecule has 1 fully saturated rings. The van der Waals surface area contributed by atoms with Gasteiger partial charge in [-0.3, -0.25) is 4.79 Å². The van der Waals surface area contributed by atoms with E-state index in [1.54, 1.807) is 6.92 Å². The van der Waals surface area contributed by atoms with Gasteiger partial charge in [0.2, 0.25) is 5.91 Å². The Bertz CT molecular complexity index is 189. The van der Waals surface area contributed by atoms with E-state index in [2.05, 4.69) is 5.32 Å². The van der Waals surface area contributed by atoms with Crippen LogP contribution in [0.25, 0.3) is 0 Å². The van der Waals surface area contributed by atoms with Crippen molar-refractivity contribution in [3.63, 3.8) is 0 Å². The first-order chi connectivity index (χ1) is 6.61. The largest absolute Gasteiger partial charge is 0.376 e. The van der Waals surface area contributed by atoms with Crippen molar-refractivity contribution in [1.29, 1.82) is 0 Å². The smallest absolute Gasteiger partial charge is 0.236 e. The predicted octanol–water partition coefficient (Wildman–Crippen LogP) is 0.407. The van der Waals surface area contributed by atoms with E-state index < -0.39 is 6.04 Å². The first-order valence-electron chi connectivity index (χ1n) is 5.29. The normalized spacial score (nSPS) is 26.6. The van der Waals surface area contributed by atoms with Gasteiger partial charge in [-0.1, -0.05) is 0 Å². The number of ether oxygens (including phenoxy) is 1. The Hall–Kier alpha value is -0.610. The molecule has 82 valence electrons. The van der Waals surface area contributed by atoms with Crippen LogP contribution >= 0.6 is 0 Å². The molecule has 0 aromatic carbocycles. The zero-order chi connectivity index (χ0) is 10.6. The van der Waals surface area contributed by atoms with Crippen LogP contribution in [0.3, 0.4) is 0 Å². The van der Waals surface area contributed by atoms with Gasteiger partial charge in [0.25, 0.3) is 0 Å². The summed E-state index contributed by atoms with van der Waals surface area (Å²) in [5, 5.41) is 2.86. The SMILES string of the molecule is CC(NC(=O)[C@@H](C)N)C1CCCCO1. The van der Waals surface area contributed by atoms with Crippen molar-refractivity contribution in [2.45, 2.75) is 51.3 Å². The van der Waals surface area contributed by atoms with Crippen LogP contribution in [0.4, 0.5) is 0 Å². The molecule has 4 nitrogen and oxygen atoms in total. The molecular formula is C10H20N2O2. The molecule has 3 atom stereocenters. The molecule has 4 heteroatoms. The summed E-state index contributed by atoms with van der Waals surface area (Å²) in [5.74, 6) is -0.105. The molecule has 14 heavy (non-hydrogen) atoms. The molecule has 0 aromatic heterocycles. The second-order valence-electron chi connectivity index (χ2n) is 3.99. The van der Waals surface area contributed by atoms with E-state index in [1.807, 2.05) is 6.92 Å². The minimum absolute atomic E-state index is 0.0637. The number of carbonyl (C=O) groups excluding carboxylic acids is 1. The fourth-order valence-corrected chi connectivity index (χ4v) is 1.61. The third kappa shape index (κ3) is 3.27. The van der Waals surface area contributed by atoms with Crippen molar-refractivity contribution >= 4 is 5.91 Å². The zero-order valence-electron chi connectivity index (χ0n) is 8.95. The molecule has 1 saturated heterocycles. The average molecular weight is 200 g/mol. The van der Waals surface area contributed by atoms with Crippen molar-refractivity contribution in [3.05, 3.63) is 0 Å². The van der Waals surface area contributed by atoms with Crippen molar-refractivity contribution in [2.24, 2.45) is 5.73 Å². The molecule has 0 spiro atoms. The van der Waals surface area contributed by atoms with Crippen molar-refractivity contribution < 1.29 is 9.53 Å². The van der Waals surface area contributed by atoms with Crippen LogP contribution in [0.5, 0.6) is 0 Å². The van der Waals surface area contributed by atoms with Crippen LogP contribution < -0.4 is 11.1 Å². The first kappa shape index (κ1) is 11.5. The molecule has 1 aliphatic heterocycles. The molecule has 1 rings (SSSR count). The molecule has 0 bridgehead atoms. The Kier molecular flexibility index (Phi) is 4.35. The maximum Gasteiger partial charge on any atom is 0.236 e. The van der Waals surface area contributed by atoms with E-state index in [0.29, 0.717) is 0 Å². The van der Waals surface area contributed by atoms with Gasteiger partial charge in [0.15, 0.2) is 0 Å². The number of hydrogen-bond acceptors (Lipinski definition) is 3. The van der Waals surface area contributed by atoms with E-state index in [4.69, 9.17) is 10.5 Å². The number of rotatable bonds is 3. The summed E-state index contributed by atoms with van der Waals surface area (Å²) in [5.41, 5.74) is 5.46. The number of nitrogens with two attached hydrogens (primary N) is 1. The first-order valence-corrected chi connectivity index (χ1v) is 5.29. The third-order valence-electron chi connectivity index (χ3n) is 2.56. The van der Waals surface area contributed by atoms with Crippen LogP contribution in [0, 0.1) is 0 Å². The lowest BCUT2D eigenvalue weighted by molar-refractivity contribution is -0.124. The van der Waals surface area contributed by atoms with Gasteiger partial charge in [-0.2, -0.15) is 0 Å². The van der Waals surface area contributed by atoms with E-state index in [9.17, 15) is 4.79 Å². The van der Waals surface area contributed by atoms with Crippen molar-refractivity contribution in [1.82, 2.24) is 5.32 Å². The lowest BCUT2D eigenvalue weighted by Crippen LogP contribution is -2.48. The minimum atomic E-state index is -0.443. The van der Waals surface area contributed by atoms with Gasteiger partial charge in [-0.05, 0) is 33.1 Å². The summed E-state index contributed by atoms with van der Waals surface area (Å²) < 4.78 is 5.56. The quantitative estimate of drug-likeness (QED) is 0.693. The van der Waals surface area contributed by atoms with Crippen LogP contribution in [-0.2, 0) is 9.53 Å². The van der Waals surface area contributed by atoms with Gasteiger partial charge in [0.1, 0.15) is 0 Å². The predicted molar refractivity (Wildman–Crippen MR) is 54.8 cm³/mol. The lowest BCUT2D eigenvalue weighted by Gasteiger charge is -2.29. The summed E-state index contributed by atoms with van der Waals surface area (Å²) in [6, 6.07) is -0.380. The van der Waals surface area contributed by atoms with E-state index in [0.717, 1.165) is 19.4 Å². The molecule has 0 saturated carbocycles. The maximum absolute atomic E-state index is 11.3. The number of nitrogens with one attached hydrogen (secondary N) is 1. The second kappa shape index (κ2) is 5.32. The van der Waals surface area contributed by atoms with Gasteiger partial charge >= 0.3 is 0 Å². The fraction of sp³-hybridized carbons (Fsp3) is 0.900. The highest BCUT2D eigenvalue weighted by Gasteiger charge is 2.22. The highest BCUT2D eigenvalue weighted by atomic mass is 16.5. The van der Waals surface area contributed by atoms with Gasteiger partial charge in [-0.25, -0.2) is 0 Å². The van der Waals surface area contributed by atoms with Gasteiger partial charge in [-0.15, -0.1) is 0 Å². The van der Waals surface area contributed by atoms with Crippen LogP contribution in [-0.4, -0.2) is 30.7 Å². The Morgan fingerprint density at radius 2 is 2.21 bits per heavy atom. The summed E-state index contributed by atoms with van der Waals surface area (Å²) in [4.78, 5) is 11.3. The Morgan fingerprint density at radius 1 is 1.50 bits per heavy atom. The molecule has 1 aliphatic rings. The van der Waals surface area contributed by atoms with Crippen LogP contribution in [0.1, 0.15) is 33.1 Å². The highest BCUT2D eigenvalue weighted by Crippen LogP contribution is 2.15. The Morgan fingerprint density at radius 3 is 2.71 bits per heavy atom. The molecular weight excluding hydrogens is 180 g/mol. The van der Waals surface area contributed by atoms with Gasteiger partial charge < -0.3 is 15.8 Å². The Balaban J connectivity index is 2.32. The highest BCUT2D eigenvalue weighted by molar-refractivity contribution is 5.81. The van der Waals surface area contributed by atoms with Gasteiger partial charge in [0, 0.05) is 6.61 Å². The second-order valence-corrected chi connectivity index (χ2v) is 3.99. The summed E-state index contributed by atoms with van der Waals surface area (Å²) in [6.45, 7) is 4.46. The minimum Gasteiger partial charge on any atom is -0.376 e. The van der Waals surface area contributed by atoms with Crippen molar-refractivity contribution in [3.8, 4) is 0 Å². The van der Waals surface area contributed by atoms with Gasteiger partial charge in [0.05, 0.1) is 18.2 Å². The summed E-state index contributed by atoms with van der Waals surface area (Å²) >= 11 is 0. The molecule has 3 N–H and O–H groups in total. The molecule has 1 amide bonds. The molecule has 1 heterocycles. The molecule has 0 radical (unpaired) electrons. The summed E-state index contributed by atoms with van der Waals surface area (Å²) in [6.07, 6.45) is 3.50. The summed E-state index contributed by atoms with van der Waals surface area (Å²) in [7, 11) is 0. The Labute approximate surface area is 85.2 Å². The van der Waals surface area contributed by atoms with Crippen LogP contribution in [0.15, 0.2) is 0 Å². The topological polar surface area (TPSA) is 64.4 Å². The number of carbonyl (C=O) groups is 1. The average Bonchev–Trinajstić information content (AvgIpc) is 2.19. The van der Waals surface area contributed by atoms with E-state index >= 15 is 0 Å². The molecule has 0 aromatic rings. The number of amides is 1. The number of hydrogen-bond donors (Lipinski definition) is 2. The fourth-order valence-electron chi connectivity index (χ4n) is 1.61. The monoisotopic (exact) mass is 200 g/mol. The van der Waals surface area contributed by atoms with E-state index in [-0.39, 0.29) is 18.1 Å². The van der Waals surface area contributed by atoms with Crippen LogP contribution in [0.2, 0.25) is 0 Å². The molecule has 0 aliphatic carbocycles. The van der Waals surface area contributed by atoms with Crippen molar-refractivity contribution in [2.75, 3.05) is 6.61 Å². The zero-order valence-corrected chi connectivity index (χ0v) is 8.95.